The number of aromatic nitrogens is 4. The predicted octanol–water partition coefficient (Wildman–Crippen LogP) is 6.46. The fourth-order valence-corrected chi connectivity index (χ4v) is 4.81. The van der Waals surface area contributed by atoms with E-state index in [0.29, 0.717) is 40.2 Å². The van der Waals surface area contributed by atoms with Gasteiger partial charge in [0.05, 0.1) is 46.9 Å². The van der Waals surface area contributed by atoms with Gasteiger partial charge in [0.25, 0.3) is 11.8 Å². The van der Waals surface area contributed by atoms with Crippen molar-refractivity contribution in [2.45, 2.75) is 33.1 Å². The number of aryl methyl sites for hydroxylation is 1. The number of anilines is 1. The summed E-state index contributed by atoms with van der Waals surface area (Å²) in [5.41, 5.74) is 2.37. The van der Waals surface area contributed by atoms with Gasteiger partial charge in [-0.25, -0.2) is 4.98 Å². The van der Waals surface area contributed by atoms with Gasteiger partial charge >= 0.3 is 6.18 Å². The van der Waals surface area contributed by atoms with Crippen LogP contribution in [0.5, 0.6) is 0 Å². The molecule has 0 atom stereocenters. The van der Waals surface area contributed by atoms with Crippen LogP contribution in [0.3, 0.4) is 0 Å². The van der Waals surface area contributed by atoms with Crippen LogP contribution in [0.1, 0.15) is 49.1 Å². The van der Waals surface area contributed by atoms with Gasteiger partial charge in [-0.2, -0.15) is 18.3 Å². The van der Waals surface area contributed by atoms with Crippen molar-refractivity contribution < 1.29 is 22.8 Å². The standard InChI is InChI=1S/C30H24BrF3N6O2/c1-17-27(38-29(42)24-14-26(30(32,33)34)37-25-11-10-21(31)13-23(24)25)18(2)40(39-17)16-19-6-8-20(9-7-19)28(41)36-15-22-5-3-4-12-35-22/h3-14H,15-16H2,1-2H3,(H,36,41)(H,38,42). The number of fused-ring (bicyclic) bond motifs is 1. The number of amides is 2. The molecule has 0 spiro atoms. The summed E-state index contributed by atoms with van der Waals surface area (Å²) in [6.45, 7) is 4.13. The van der Waals surface area contributed by atoms with E-state index in [-0.39, 0.29) is 22.4 Å². The molecular weight excluding hydrogens is 613 g/mol. The van der Waals surface area contributed by atoms with Crippen molar-refractivity contribution in [3.63, 3.8) is 0 Å². The van der Waals surface area contributed by atoms with Gasteiger partial charge in [0.1, 0.15) is 5.69 Å². The first kappa shape index (κ1) is 28.9. The molecule has 12 heteroatoms. The Kier molecular flexibility index (Phi) is 8.08. The Morgan fingerprint density at radius 2 is 1.74 bits per heavy atom. The minimum Gasteiger partial charge on any atom is -0.346 e. The summed E-state index contributed by atoms with van der Waals surface area (Å²) < 4.78 is 42.9. The van der Waals surface area contributed by atoms with Crippen LogP contribution in [-0.2, 0) is 19.3 Å². The second kappa shape index (κ2) is 11.7. The molecule has 3 heterocycles. The highest BCUT2D eigenvalue weighted by atomic mass is 79.9. The molecule has 3 aromatic heterocycles. The molecule has 0 unspecified atom stereocenters. The highest BCUT2D eigenvalue weighted by Crippen LogP contribution is 2.32. The predicted molar refractivity (Wildman–Crippen MR) is 155 cm³/mol. The molecule has 2 aromatic carbocycles. The molecule has 5 aromatic rings. The van der Waals surface area contributed by atoms with Crippen LogP contribution in [0.15, 0.2) is 77.4 Å². The SMILES string of the molecule is Cc1nn(Cc2ccc(C(=O)NCc3ccccn3)cc2)c(C)c1NC(=O)c1cc(C(F)(F)F)nc2ccc(Br)cc12. The van der Waals surface area contributed by atoms with E-state index in [2.05, 4.69) is 41.6 Å². The molecule has 5 rings (SSSR count). The van der Waals surface area contributed by atoms with E-state index in [1.54, 1.807) is 55.1 Å². The Balaban J connectivity index is 1.33. The number of halogens is 4. The molecule has 0 aliphatic carbocycles. The van der Waals surface area contributed by atoms with Gasteiger partial charge in [-0.1, -0.05) is 34.1 Å². The number of rotatable bonds is 7. The lowest BCUT2D eigenvalue weighted by molar-refractivity contribution is -0.141. The number of carbonyl (C=O) groups is 2. The zero-order valence-corrected chi connectivity index (χ0v) is 24.0. The molecule has 0 saturated carbocycles. The summed E-state index contributed by atoms with van der Waals surface area (Å²) in [6, 6.07) is 17.8. The highest BCUT2D eigenvalue weighted by Gasteiger charge is 2.34. The first-order chi connectivity index (χ1) is 20.0. The Labute approximate surface area is 247 Å². The van der Waals surface area contributed by atoms with Crippen LogP contribution >= 0.6 is 15.9 Å². The number of carbonyl (C=O) groups excluding carboxylic acids is 2. The third-order valence-corrected chi connectivity index (χ3v) is 7.12. The van der Waals surface area contributed by atoms with Gasteiger partial charge in [-0.05, 0) is 67.9 Å². The van der Waals surface area contributed by atoms with Crippen molar-refractivity contribution >= 4 is 44.3 Å². The summed E-state index contributed by atoms with van der Waals surface area (Å²) >= 11 is 3.31. The normalized spacial score (nSPS) is 11.5. The lowest BCUT2D eigenvalue weighted by Crippen LogP contribution is -2.23. The largest absolute Gasteiger partial charge is 0.433 e. The molecule has 0 saturated heterocycles. The molecule has 2 amide bonds. The first-order valence-corrected chi connectivity index (χ1v) is 13.6. The van der Waals surface area contributed by atoms with Crippen molar-refractivity contribution in [1.29, 1.82) is 0 Å². The van der Waals surface area contributed by atoms with Crippen LogP contribution in [0, 0.1) is 13.8 Å². The van der Waals surface area contributed by atoms with Crippen LogP contribution in [0.4, 0.5) is 18.9 Å². The van der Waals surface area contributed by atoms with Gasteiger partial charge in [0, 0.05) is 21.6 Å². The number of nitrogens with zero attached hydrogens (tertiary/aromatic N) is 4. The number of hydrogen-bond donors (Lipinski definition) is 2. The molecule has 0 bridgehead atoms. The number of benzene rings is 2. The van der Waals surface area contributed by atoms with E-state index in [0.717, 1.165) is 17.3 Å². The van der Waals surface area contributed by atoms with Gasteiger partial charge < -0.3 is 10.6 Å². The van der Waals surface area contributed by atoms with Crippen molar-refractivity contribution in [3.05, 3.63) is 117 Å². The average molecular weight is 637 g/mol. The smallest absolute Gasteiger partial charge is 0.346 e. The van der Waals surface area contributed by atoms with E-state index in [1.807, 2.05) is 24.3 Å². The minimum absolute atomic E-state index is 0.0520. The summed E-state index contributed by atoms with van der Waals surface area (Å²) in [7, 11) is 0. The summed E-state index contributed by atoms with van der Waals surface area (Å²) in [4.78, 5) is 33.7. The van der Waals surface area contributed by atoms with Crippen molar-refractivity contribution in [3.8, 4) is 0 Å². The zero-order valence-electron chi connectivity index (χ0n) is 22.5. The second-order valence-electron chi connectivity index (χ2n) is 9.57. The quantitative estimate of drug-likeness (QED) is 0.214. The summed E-state index contributed by atoms with van der Waals surface area (Å²) in [5.74, 6) is -0.939. The number of alkyl halides is 3. The van der Waals surface area contributed by atoms with Crippen molar-refractivity contribution in [1.82, 2.24) is 25.1 Å². The molecule has 214 valence electrons. The molecule has 42 heavy (non-hydrogen) atoms. The van der Waals surface area contributed by atoms with Crippen LogP contribution in [0.2, 0.25) is 0 Å². The molecule has 0 radical (unpaired) electrons. The van der Waals surface area contributed by atoms with Gasteiger partial charge in [0.2, 0.25) is 0 Å². The van der Waals surface area contributed by atoms with Gasteiger partial charge in [-0.3, -0.25) is 19.3 Å². The van der Waals surface area contributed by atoms with E-state index in [4.69, 9.17) is 0 Å². The number of nitrogens with one attached hydrogen (secondary N) is 2. The fourth-order valence-electron chi connectivity index (χ4n) is 4.45. The Morgan fingerprint density at radius 1 is 0.976 bits per heavy atom. The molecular formula is C30H24BrF3N6O2. The highest BCUT2D eigenvalue weighted by molar-refractivity contribution is 9.10. The van der Waals surface area contributed by atoms with E-state index in [1.165, 1.54) is 6.07 Å². The Morgan fingerprint density at radius 3 is 2.43 bits per heavy atom. The van der Waals surface area contributed by atoms with E-state index < -0.39 is 17.8 Å². The molecule has 0 fully saturated rings. The average Bonchev–Trinajstić information content (AvgIpc) is 3.22. The zero-order chi connectivity index (χ0) is 30.0. The monoisotopic (exact) mass is 636 g/mol. The maximum Gasteiger partial charge on any atom is 0.433 e. The maximum atomic E-state index is 13.5. The van der Waals surface area contributed by atoms with Crippen molar-refractivity contribution in [2.75, 3.05) is 5.32 Å². The molecule has 2 N–H and O–H groups in total. The summed E-state index contributed by atoms with van der Waals surface area (Å²) in [5, 5.41) is 10.4. The second-order valence-corrected chi connectivity index (χ2v) is 10.5. The maximum absolute atomic E-state index is 13.5. The third-order valence-electron chi connectivity index (χ3n) is 6.63. The minimum atomic E-state index is -4.72. The van der Waals surface area contributed by atoms with Crippen LogP contribution in [-0.4, -0.2) is 31.6 Å². The number of pyridine rings is 2. The fraction of sp³-hybridized carbons (Fsp3) is 0.167. The van der Waals surface area contributed by atoms with Gasteiger partial charge in [0.15, 0.2) is 0 Å². The van der Waals surface area contributed by atoms with Crippen LogP contribution < -0.4 is 10.6 Å². The van der Waals surface area contributed by atoms with E-state index >= 15 is 0 Å². The molecule has 0 aliphatic rings. The lowest BCUT2D eigenvalue weighted by atomic mass is 10.1. The lowest BCUT2D eigenvalue weighted by Gasteiger charge is -2.13. The van der Waals surface area contributed by atoms with E-state index in [9.17, 15) is 22.8 Å². The molecule has 8 nitrogen and oxygen atoms in total. The van der Waals surface area contributed by atoms with Crippen molar-refractivity contribution in [2.24, 2.45) is 0 Å². The first-order valence-electron chi connectivity index (χ1n) is 12.8. The number of hydrogen-bond acceptors (Lipinski definition) is 5. The third kappa shape index (κ3) is 6.33. The Bertz CT molecular complexity index is 1790. The Hall–Kier alpha value is -4.58. The van der Waals surface area contributed by atoms with Gasteiger partial charge in [-0.15, -0.1) is 0 Å². The molecule has 0 aliphatic heterocycles. The summed E-state index contributed by atoms with van der Waals surface area (Å²) in [6.07, 6.45) is -3.06. The van der Waals surface area contributed by atoms with Crippen LogP contribution in [0.25, 0.3) is 10.9 Å². The topological polar surface area (TPSA) is 102 Å².